The standard InChI is InChI=1S/C19H19NO5S2/c21-16(25-13-7-2-1-3-8-13)11-20-17(22)15(27-19(20)26)10-12-6-4-5-9-14(12)18(23)24/h4-6,9-10,13H,1-3,7-8,11H2,(H,23,24)/b15-10-. The van der Waals surface area contributed by atoms with E-state index in [2.05, 4.69) is 0 Å². The number of hydrogen-bond donors (Lipinski definition) is 1. The molecule has 0 aromatic heterocycles. The van der Waals surface area contributed by atoms with Crippen molar-refractivity contribution in [3.63, 3.8) is 0 Å². The van der Waals surface area contributed by atoms with Gasteiger partial charge in [0.25, 0.3) is 5.91 Å². The highest BCUT2D eigenvalue weighted by Crippen LogP contribution is 2.33. The molecule has 27 heavy (non-hydrogen) atoms. The molecule has 3 rings (SSSR count). The lowest BCUT2D eigenvalue weighted by Crippen LogP contribution is -2.36. The number of nitrogens with zero attached hydrogens (tertiary/aromatic N) is 1. The van der Waals surface area contributed by atoms with Crippen molar-refractivity contribution in [2.24, 2.45) is 0 Å². The first-order valence-corrected chi connectivity index (χ1v) is 9.95. The molecule has 142 valence electrons. The molecular weight excluding hydrogens is 386 g/mol. The van der Waals surface area contributed by atoms with E-state index in [0.717, 1.165) is 43.9 Å². The molecule has 1 aliphatic carbocycles. The molecule has 0 unspecified atom stereocenters. The molecule has 2 fully saturated rings. The fourth-order valence-electron chi connectivity index (χ4n) is 3.13. The third-order valence-corrected chi connectivity index (χ3v) is 5.87. The number of esters is 1. The van der Waals surface area contributed by atoms with Gasteiger partial charge in [0.1, 0.15) is 17.0 Å². The summed E-state index contributed by atoms with van der Waals surface area (Å²) in [6.07, 6.45) is 6.38. The minimum absolute atomic E-state index is 0.0809. The van der Waals surface area contributed by atoms with Gasteiger partial charge in [-0.3, -0.25) is 14.5 Å². The summed E-state index contributed by atoms with van der Waals surface area (Å²) in [4.78, 5) is 37.6. The van der Waals surface area contributed by atoms with Crippen molar-refractivity contribution in [1.29, 1.82) is 0 Å². The minimum atomic E-state index is -1.08. The summed E-state index contributed by atoms with van der Waals surface area (Å²) in [5, 5.41) is 9.27. The molecule has 1 amide bonds. The first kappa shape index (κ1) is 19.6. The maximum Gasteiger partial charge on any atom is 0.336 e. The van der Waals surface area contributed by atoms with E-state index in [1.165, 1.54) is 17.0 Å². The van der Waals surface area contributed by atoms with E-state index >= 15 is 0 Å². The van der Waals surface area contributed by atoms with Crippen LogP contribution in [-0.2, 0) is 14.3 Å². The Morgan fingerprint density at radius 2 is 1.96 bits per heavy atom. The van der Waals surface area contributed by atoms with Crippen LogP contribution >= 0.6 is 24.0 Å². The molecule has 0 atom stereocenters. The number of ether oxygens (including phenoxy) is 1. The second-order valence-corrected chi connectivity index (χ2v) is 8.09. The molecule has 2 aliphatic rings. The molecule has 1 N–H and O–H groups in total. The molecule has 0 bridgehead atoms. The SMILES string of the molecule is O=C(CN1C(=O)/C(=C/c2ccccc2C(=O)O)SC1=S)OC1CCCCC1. The first-order chi connectivity index (χ1) is 13.0. The second-order valence-electron chi connectivity index (χ2n) is 6.41. The van der Waals surface area contributed by atoms with Gasteiger partial charge in [-0.05, 0) is 43.4 Å². The van der Waals surface area contributed by atoms with Crippen molar-refractivity contribution in [2.45, 2.75) is 38.2 Å². The summed E-state index contributed by atoms with van der Waals surface area (Å²) in [6, 6.07) is 6.40. The summed E-state index contributed by atoms with van der Waals surface area (Å²) < 4.78 is 5.72. The Morgan fingerprint density at radius 1 is 1.26 bits per heavy atom. The smallest absolute Gasteiger partial charge is 0.336 e. The van der Waals surface area contributed by atoms with Gasteiger partial charge in [-0.25, -0.2) is 4.79 Å². The maximum atomic E-state index is 12.6. The molecule has 6 nitrogen and oxygen atoms in total. The number of carboxylic acids is 1. The van der Waals surface area contributed by atoms with Crippen LogP contribution in [0.25, 0.3) is 6.08 Å². The van der Waals surface area contributed by atoms with Crippen LogP contribution in [0.15, 0.2) is 29.2 Å². The van der Waals surface area contributed by atoms with Gasteiger partial charge in [0.15, 0.2) is 0 Å². The Labute approximate surface area is 166 Å². The first-order valence-electron chi connectivity index (χ1n) is 8.73. The number of thiocarbonyl (C=S) groups is 1. The van der Waals surface area contributed by atoms with Gasteiger partial charge in [0.05, 0.1) is 10.5 Å². The number of rotatable bonds is 5. The summed E-state index contributed by atoms with van der Waals surface area (Å²) in [5.74, 6) is -1.95. The van der Waals surface area contributed by atoms with Crippen LogP contribution in [0.1, 0.15) is 48.0 Å². The molecule has 0 radical (unpaired) electrons. The summed E-state index contributed by atoms with van der Waals surface area (Å²) >= 11 is 6.27. The second kappa shape index (κ2) is 8.67. The van der Waals surface area contributed by atoms with Crippen LogP contribution in [-0.4, -0.2) is 44.8 Å². The molecule has 1 heterocycles. The van der Waals surface area contributed by atoms with Gasteiger partial charge in [0, 0.05) is 0 Å². The number of aromatic carboxylic acids is 1. The Bertz CT molecular complexity index is 814. The highest BCUT2D eigenvalue weighted by molar-refractivity contribution is 8.26. The zero-order valence-electron chi connectivity index (χ0n) is 14.6. The van der Waals surface area contributed by atoms with E-state index in [-0.39, 0.29) is 22.5 Å². The molecule has 0 spiro atoms. The zero-order valence-corrected chi connectivity index (χ0v) is 16.2. The average Bonchev–Trinajstić information content (AvgIpc) is 2.90. The third kappa shape index (κ3) is 4.75. The quantitative estimate of drug-likeness (QED) is 0.456. The van der Waals surface area contributed by atoms with E-state index in [1.54, 1.807) is 18.2 Å². The van der Waals surface area contributed by atoms with Crippen LogP contribution in [0.5, 0.6) is 0 Å². The lowest BCUT2D eigenvalue weighted by Gasteiger charge is -2.23. The van der Waals surface area contributed by atoms with Gasteiger partial charge in [0.2, 0.25) is 0 Å². The highest BCUT2D eigenvalue weighted by Gasteiger charge is 2.34. The van der Waals surface area contributed by atoms with Crippen molar-refractivity contribution in [2.75, 3.05) is 6.54 Å². The zero-order chi connectivity index (χ0) is 19.4. The molecule has 1 aromatic carbocycles. The molecule has 1 aliphatic heterocycles. The Morgan fingerprint density at radius 3 is 2.67 bits per heavy atom. The van der Waals surface area contributed by atoms with Gasteiger partial charge >= 0.3 is 11.9 Å². The van der Waals surface area contributed by atoms with Gasteiger partial charge in [-0.1, -0.05) is 48.6 Å². The predicted octanol–water partition coefficient (Wildman–Crippen LogP) is 3.46. The van der Waals surface area contributed by atoms with Crippen LogP contribution in [0.4, 0.5) is 0 Å². The monoisotopic (exact) mass is 405 g/mol. The number of carbonyl (C=O) groups is 3. The molecule has 1 saturated heterocycles. The number of thioether (sulfide) groups is 1. The lowest BCUT2D eigenvalue weighted by atomic mass is 9.98. The van der Waals surface area contributed by atoms with Crippen molar-refractivity contribution in [3.8, 4) is 0 Å². The fourth-order valence-corrected chi connectivity index (χ4v) is 4.38. The average molecular weight is 405 g/mol. The van der Waals surface area contributed by atoms with Crippen LogP contribution in [0, 0.1) is 0 Å². The molecular formula is C19H19NO5S2. The van der Waals surface area contributed by atoms with Gasteiger partial charge in [-0.15, -0.1) is 0 Å². The van der Waals surface area contributed by atoms with Crippen molar-refractivity contribution < 1.29 is 24.2 Å². The van der Waals surface area contributed by atoms with Crippen molar-refractivity contribution in [1.82, 2.24) is 4.90 Å². The van der Waals surface area contributed by atoms with E-state index in [9.17, 15) is 19.5 Å². The number of benzene rings is 1. The van der Waals surface area contributed by atoms with Crippen LogP contribution in [0.2, 0.25) is 0 Å². The topological polar surface area (TPSA) is 83.9 Å². The molecule has 1 saturated carbocycles. The van der Waals surface area contributed by atoms with Gasteiger partial charge < -0.3 is 9.84 Å². The molecule has 1 aromatic rings. The Kier molecular flexibility index (Phi) is 6.28. The lowest BCUT2D eigenvalue weighted by molar-refractivity contribution is -0.152. The van der Waals surface area contributed by atoms with E-state index in [0.29, 0.717) is 10.5 Å². The van der Waals surface area contributed by atoms with E-state index in [1.807, 2.05) is 0 Å². The summed E-state index contributed by atoms with van der Waals surface area (Å²) in [5.41, 5.74) is 0.509. The van der Waals surface area contributed by atoms with Crippen molar-refractivity contribution >= 4 is 52.2 Å². The number of hydrogen-bond acceptors (Lipinski definition) is 6. The predicted molar refractivity (Wildman–Crippen MR) is 106 cm³/mol. The Balaban J connectivity index is 1.69. The largest absolute Gasteiger partial charge is 0.478 e. The van der Waals surface area contributed by atoms with Crippen LogP contribution in [0.3, 0.4) is 0 Å². The highest BCUT2D eigenvalue weighted by atomic mass is 32.2. The summed E-state index contributed by atoms with van der Waals surface area (Å²) in [6.45, 7) is -0.223. The van der Waals surface area contributed by atoms with Crippen LogP contribution < -0.4 is 0 Å². The van der Waals surface area contributed by atoms with E-state index in [4.69, 9.17) is 17.0 Å². The fraction of sp³-hybridized carbons (Fsp3) is 0.368. The van der Waals surface area contributed by atoms with Gasteiger partial charge in [-0.2, -0.15) is 0 Å². The molecule has 8 heteroatoms. The minimum Gasteiger partial charge on any atom is -0.478 e. The van der Waals surface area contributed by atoms with Crippen molar-refractivity contribution in [3.05, 3.63) is 40.3 Å². The normalized spacial score (nSPS) is 19.6. The Hall–Kier alpha value is -2.19. The third-order valence-electron chi connectivity index (χ3n) is 4.49. The number of carbonyl (C=O) groups excluding carboxylic acids is 2. The van der Waals surface area contributed by atoms with E-state index < -0.39 is 17.8 Å². The maximum absolute atomic E-state index is 12.6. The number of carboxylic acid groups (broad SMARTS) is 1. The number of amides is 1. The summed E-state index contributed by atoms with van der Waals surface area (Å²) in [7, 11) is 0.